The molecule has 0 aliphatic heterocycles. The first-order valence-electron chi connectivity index (χ1n) is 7.31. The van der Waals surface area contributed by atoms with E-state index in [0.29, 0.717) is 0 Å². The number of nitrogens with one attached hydrogen (secondary N) is 1. The van der Waals surface area contributed by atoms with E-state index in [1.165, 1.54) is 5.56 Å². The van der Waals surface area contributed by atoms with E-state index in [1.807, 2.05) is 18.2 Å². The molecule has 1 unspecified atom stereocenters. The fourth-order valence-corrected chi connectivity index (χ4v) is 2.48. The monoisotopic (exact) mass is 285 g/mol. The molecular formula is C18H23NO2. The van der Waals surface area contributed by atoms with Crippen LogP contribution in [-0.4, -0.2) is 20.8 Å². The van der Waals surface area contributed by atoms with Crippen LogP contribution in [0.2, 0.25) is 0 Å². The summed E-state index contributed by atoms with van der Waals surface area (Å²) in [6, 6.07) is 16.5. The zero-order valence-corrected chi connectivity index (χ0v) is 12.9. The third-order valence-corrected chi connectivity index (χ3v) is 3.48. The normalized spacial score (nSPS) is 12.0. The van der Waals surface area contributed by atoms with Crippen LogP contribution >= 0.6 is 0 Å². The molecule has 0 aromatic heterocycles. The lowest BCUT2D eigenvalue weighted by molar-refractivity contribution is 0.348. The summed E-state index contributed by atoms with van der Waals surface area (Å²) in [5.74, 6) is 1.55. The predicted molar refractivity (Wildman–Crippen MR) is 86.1 cm³/mol. The van der Waals surface area contributed by atoms with Crippen molar-refractivity contribution in [2.45, 2.75) is 19.4 Å². The number of ether oxygens (including phenoxy) is 2. The number of methoxy groups -OCH3 is 2. The van der Waals surface area contributed by atoms with Gasteiger partial charge in [-0.15, -0.1) is 0 Å². The summed E-state index contributed by atoms with van der Waals surface area (Å²) < 4.78 is 11.0. The largest absolute Gasteiger partial charge is 0.493 e. The van der Waals surface area contributed by atoms with Gasteiger partial charge in [0.15, 0.2) is 11.5 Å². The molecule has 21 heavy (non-hydrogen) atoms. The van der Waals surface area contributed by atoms with Gasteiger partial charge in [0, 0.05) is 5.56 Å². The van der Waals surface area contributed by atoms with E-state index in [2.05, 4.69) is 42.6 Å². The third kappa shape index (κ3) is 3.56. The Hall–Kier alpha value is -2.00. The summed E-state index contributed by atoms with van der Waals surface area (Å²) in [6.45, 7) is 3.11. The molecule has 0 bridgehead atoms. The second-order valence-corrected chi connectivity index (χ2v) is 4.88. The van der Waals surface area contributed by atoms with Crippen LogP contribution in [0.4, 0.5) is 0 Å². The first-order chi connectivity index (χ1) is 10.3. The Balaban J connectivity index is 2.46. The maximum atomic E-state index is 5.58. The van der Waals surface area contributed by atoms with Gasteiger partial charge in [0.25, 0.3) is 0 Å². The maximum absolute atomic E-state index is 5.58. The topological polar surface area (TPSA) is 30.5 Å². The molecular weight excluding hydrogens is 262 g/mol. The molecule has 0 aliphatic carbocycles. The van der Waals surface area contributed by atoms with Gasteiger partial charge in [-0.25, -0.2) is 0 Å². The smallest absolute Gasteiger partial charge is 0.165 e. The van der Waals surface area contributed by atoms with E-state index in [-0.39, 0.29) is 6.04 Å². The van der Waals surface area contributed by atoms with Gasteiger partial charge in [0.05, 0.1) is 20.3 Å². The lowest BCUT2D eigenvalue weighted by Gasteiger charge is -2.23. The Kier molecular flexibility index (Phi) is 5.64. The van der Waals surface area contributed by atoms with Crippen LogP contribution in [0.25, 0.3) is 0 Å². The van der Waals surface area contributed by atoms with Crippen LogP contribution in [0.15, 0.2) is 48.5 Å². The highest BCUT2D eigenvalue weighted by molar-refractivity contribution is 5.50. The molecule has 0 heterocycles. The van der Waals surface area contributed by atoms with Crippen molar-refractivity contribution < 1.29 is 9.47 Å². The highest BCUT2D eigenvalue weighted by atomic mass is 16.5. The Morgan fingerprint density at radius 1 is 0.952 bits per heavy atom. The van der Waals surface area contributed by atoms with Crippen LogP contribution in [0, 0.1) is 0 Å². The van der Waals surface area contributed by atoms with Crippen LogP contribution in [-0.2, 0) is 0 Å². The Morgan fingerprint density at radius 3 is 2.33 bits per heavy atom. The van der Waals surface area contributed by atoms with E-state index < -0.39 is 0 Å². The summed E-state index contributed by atoms with van der Waals surface area (Å²) in [5, 5.41) is 3.59. The van der Waals surface area contributed by atoms with Gasteiger partial charge in [0.1, 0.15) is 0 Å². The van der Waals surface area contributed by atoms with Gasteiger partial charge < -0.3 is 14.8 Å². The minimum absolute atomic E-state index is 0.0937. The van der Waals surface area contributed by atoms with Crippen molar-refractivity contribution in [3.63, 3.8) is 0 Å². The lowest BCUT2D eigenvalue weighted by Crippen LogP contribution is -2.23. The van der Waals surface area contributed by atoms with E-state index in [4.69, 9.17) is 9.47 Å². The molecule has 0 aliphatic rings. The second-order valence-electron chi connectivity index (χ2n) is 4.88. The standard InChI is InChI=1S/C18H23NO2/c1-4-13-19-17(14-9-6-5-7-10-14)15-11-8-12-16(20-2)18(15)21-3/h5-12,17,19H,4,13H2,1-3H3. The molecule has 1 N–H and O–H groups in total. The number of hydrogen-bond donors (Lipinski definition) is 1. The van der Waals surface area contributed by atoms with E-state index in [1.54, 1.807) is 14.2 Å². The second kappa shape index (κ2) is 7.70. The van der Waals surface area contributed by atoms with E-state index >= 15 is 0 Å². The fraction of sp³-hybridized carbons (Fsp3) is 0.333. The first kappa shape index (κ1) is 15.4. The summed E-state index contributed by atoms with van der Waals surface area (Å²) in [6.07, 6.45) is 1.08. The van der Waals surface area contributed by atoms with Crippen molar-refractivity contribution in [3.8, 4) is 11.5 Å². The van der Waals surface area contributed by atoms with Crippen molar-refractivity contribution in [1.29, 1.82) is 0 Å². The van der Waals surface area contributed by atoms with Crippen LogP contribution in [0.1, 0.15) is 30.5 Å². The molecule has 0 fully saturated rings. The van der Waals surface area contributed by atoms with Gasteiger partial charge in [0.2, 0.25) is 0 Å². The molecule has 0 saturated carbocycles. The van der Waals surface area contributed by atoms with Crippen molar-refractivity contribution >= 4 is 0 Å². The fourth-order valence-electron chi connectivity index (χ4n) is 2.48. The summed E-state index contributed by atoms with van der Waals surface area (Å²) in [5.41, 5.74) is 2.31. The van der Waals surface area contributed by atoms with E-state index in [9.17, 15) is 0 Å². The lowest BCUT2D eigenvalue weighted by atomic mass is 9.97. The average molecular weight is 285 g/mol. The summed E-state index contributed by atoms with van der Waals surface area (Å²) in [4.78, 5) is 0. The van der Waals surface area contributed by atoms with Crippen molar-refractivity contribution in [2.24, 2.45) is 0 Å². The minimum atomic E-state index is 0.0937. The molecule has 3 nitrogen and oxygen atoms in total. The van der Waals surface area contributed by atoms with Crippen molar-refractivity contribution in [2.75, 3.05) is 20.8 Å². The predicted octanol–water partition coefficient (Wildman–Crippen LogP) is 3.79. The first-order valence-corrected chi connectivity index (χ1v) is 7.31. The van der Waals surface area contributed by atoms with Gasteiger partial charge in [-0.3, -0.25) is 0 Å². The Labute approximate surface area is 126 Å². The molecule has 0 amide bonds. The minimum Gasteiger partial charge on any atom is -0.493 e. The maximum Gasteiger partial charge on any atom is 0.165 e. The number of para-hydroxylation sites is 1. The highest BCUT2D eigenvalue weighted by Gasteiger charge is 2.20. The van der Waals surface area contributed by atoms with Crippen molar-refractivity contribution in [1.82, 2.24) is 5.32 Å². The molecule has 0 saturated heterocycles. The molecule has 3 heteroatoms. The van der Waals surface area contributed by atoms with Crippen LogP contribution in [0.5, 0.6) is 11.5 Å². The van der Waals surface area contributed by atoms with Gasteiger partial charge in [-0.2, -0.15) is 0 Å². The summed E-state index contributed by atoms with van der Waals surface area (Å²) in [7, 11) is 3.35. The molecule has 2 rings (SSSR count). The Bertz CT molecular complexity index is 554. The molecule has 0 radical (unpaired) electrons. The highest BCUT2D eigenvalue weighted by Crippen LogP contribution is 2.37. The Morgan fingerprint density at radius 2 is 1.71 bits per heavy atom. The molecule has 2 aromatic carbocycles. The van der Waals surface area contributed by atoms with Gasteiger partial charge >= 0.3 is 0 Å². The quantitative estimate of drug-likeness (QED) is 0.839. The number of benzene rings is 2. The van der Waals surface area contributed by atoms with Crippen LogP contribution in [0.3, 0.4) is 0 Å². The summed E-state index contributed by atoms with van der Waals surface area (Å²) >= 11 is 0. The third-order valence-electron chi connectivity index (χ3n) is 3.48. The SMILES string of the molecule is CCCNC(c1ccccc1)c1cccc(OC)c1OC. The zero-order chi connectivity index (χ0) is 15.1. The van der Waals surface area contributed by atoms with Crippen LogP contribution < -0.4 is 14.8 Å². The van der Waals surface area contributed by atoms with E-state index in [0.717, 1.165) is 30.0 Å². The molecule has 1 atom stereocenters. The van der Waals surface area contributed by atoms with Crippen molar-refractivity contribution in [3.05, 3.63) is 59.7 Å². The van der Waals surface area contributed by atoms with Gasteiger partial charge in [-0.05, 0) is 24.6 Å². The molecule has 0 spiro atoms. The number of rotatable bonds is 7. The zero-order valence-electron chi connectivity index (χ0n) is 12.9. The number of hydrogen-bond acceptors (Lipinski definition) is 3. The molecule has 2 aromatic rings. The average Bonchev–Trinajstić information content (AvgIpc) is 2.55. The van der Waals surface area contributed by atoms with Gasteiger partial charge in [-0.1, -0.05) is 49.4 Å². The molecule has 112 valence electrons.